The number of carbonyl (C=O) groups excluding carboxylic acids is 1. The molecule has 0 amide bonds. The van der Waals surface area contributed by atoms with Crippen LogP contribution in [0.2, 0.25) is 0 Å². The summed E-state index contributed by atoms with van der Waals surface area (Å²) in [5.41, 5.74) is -0.271. The summed E-state index contributed by atoms with van der Waals surface area (Å²) in [6.07, 6.45) is 4.22. The van der Waals surface area contributed by atoms with Crippen molar-refractivity contribution in [2.45, 2.75) is 19.4 Å². The van der Waals surface area contributed by atoms with Gasteiger partial charge in [0, 0.05) is 20.1 Å². The summed E-state index contributed by atoms with van der Waals surface area (Å²) in [6, 6.07) is 0. The monoisotopic (exact) mass is 207 g/mol. The zero-order valence-corrected chi connectivity index (χ0v) is 8.64. The second kappa shape index (κ2) is 3.84. The Morgan fingerprint density at radius 3 is 2.87 bits per heavy atom. The Labute approximate surface area is 87.3 Å². The first-order chi connectivity index (χ1) is 7.24. The van der Waals surface area contributed by atoms with Crippen molar-refractivity contribution in [3.8, 4) is 0 Å². The number of aromatic nitrogens is 2. The summed E-state index contributed by atoms with van der Waals surface area (Å²) in [5.74, 6) is 0.697. The van der Waals surface area contributed by atoms with Crippen LogP contribution in [-0.2, 0) is 6.54 Å². The number of aldehydes is 1. The summed E-state index contributed by atoms with van der Waals surface area (Å²) in [7, 11) is 1.89. The van der Waals surface area contributed by atoms with E-state index in [1.807, 2.05) is 16.5 Å². The first-order valence-corrected chi connectivity index (χ1v) is 5.00. The van der Waals surface area contributed by atoms with Crippen LogP contribution in [0.3, 0.4) is 0 Å². The van der Waals surface area contributed by atoms with E-state index >= 15 is 0 Å². The molecule has 1 aliphatic rings. The molecule has 15 heavy (non-hydrogen) atoms. The van der Waals surface area contributed by atoms with Crippen molar-refractivity contribution in [2.75, 3.05) is 18.5 Å². The molecule has 0 fully saturated rings. The van der Waals surface area contributed by atoms with Crippen molar-refractivity contribution in [2.24, 2.45) is 0 Å². The van der Waals surface area contributed by atoms with Crippen molar-refractivity contribution < 1.29 is 4.79 Å². The molecule has 0 spiro atoms. The van der Waals surface area contributed by atoms with Crippen molar-refractivity contribution in [3.05, 3.63) is 22.2 Å². The zero-order chi connectivity index (χ0) is 10.8. The lowest BCUT2D eigenvalue weighted by molar-refractivity contribution is 0.112. The van der Waals surface area contributed by atoms with Gasteiger partial charge in [0.15, 0.2) is 6.29 Å². The van der Waals surface area contributed by atoms with Gasteiger partial charge in [0.05, 0.1) is 0 Å². The standard InChI is InChI=1S/C10H13N3O2/c1-12-4-2-3-5-13-7-11-9(15)8(6-14)10(12)13/h6-7H,2-5H2,1H3. The molecule has 5 nitrogen and oxygen atoms in total. The molecule has 0 atom stereocenters. The van der Waals surface area contributed by atoms with Crippen LogP contribution in [0.15, 0.2) is 11.1 Å². The number of fused-ring (bicyclic) bond motifs is 1. The highest BCUT2D eigenvalue weighted by molar-refractivity contribution is 5.82. The molecule has 0 bridgehead atoms. The number of hydrogen-bond acceptors (Lipinski definition) is 4. The molecule has 0 radical (unpaired) electrons. The lowest BCUT2D eigenvalue weighted by atomic mass is 10.3. The predicted octanol–water partition coefficient (Wildman–Crippen LogP) is 0.286. The number of rotatable bonds is 1. The normalized spacial score (nSPS) is 15.7. The largest absolute Gasteiger partial charge is 0.360 e. The molecule has 5 heteroatoms. The molecule has 80 valence electrons. The van der Waals surface area contributed by atoms with Crippen LogP contribution in [0.1, 0.15) is 23.2 Å². The fraction of sp³-hybridized carbons (Fsp3) is 0.500. The first kappa shape index (κ1) is 9.89. The Balaban J connectivity index is 2.65. The molecule has 1 aliphatic heterocycles. The van der Waals surface area contributed by atoms with E-state index in [9.17, 15) is 9.59 Å². The molecule has 1 aromatic rings. The molecule has 0 N–H and O–H groups in total. The lowest BCUT2D eigenvalue weighted by Crippen LogP contribution is -2.27. The second-order valence-electron chi connectivity index (χ2n) is 3.73. The minimum absolute atomic E-state index is 0.168. The highest BCUT2D eigenvalue weighted by Crippen LogP contribution is 2.18. The van der Waals surface area contributed by atoms with Crippen LogP contribution in [0.25, 0.3) is 0 Å². The Bertz CT molecular complexity index is 439. The molecule has 2 rings (SSSR count). The van der Waals surface area contributed by atoms with E-state index in [1.165, 1.54) is 6.33 Å². The highest BCUT2D eigenvalue weighted by atomic mass is 16.1. The smallest absolute Gasteiger partial charge is 0.285 e. The van der Waals surface area contributed by atoms with Crippen molar-refractivity contribution in [1.29, 1.82) is 0 Å². The van der Waals surface area contributed by atoms with Crippen molar-refractivity contribution >= 4 is 12.1 Å². The minimum atomic E-state index is -0.440. The van der Waals surface area contributed by atoms with Gasteiger partial charge in [0.1, 0.15) is 17.7 Å². The van der Waals surface area contributed by atoms with Crippen molar-refractivity contribution in [3.63, 3.8) is 0 Å². The number of nitrogens with zero attached hydrogens (tertiary/aromatic N) is 3. The van der Waals surface area contributed by atoms with E-state index in [2.05, 4.69) is 4.98 Å². The number of anilines is 1. The lowest BCUT2D eigenvalue weighted by Gasteiger charge is -2.20. The maximum absolute atomic E-state index is 11.4. The van der Waals surface area contributed by atoms with Crippen LogP contribution in [0, 0.1) is 0 Å². The van der Waals surface area contributed by atoms with Crippen LogP contribution < -0.4 is 10.5 Å². The minimum Gasteiger partial charge on any atom is -0.360 e. The van der Waals surface area contributed by atoms with Crippen LogP contribution >= 0.6 is 0 Å². The van der Waals surface area contributed by atoms with E-state index in [0.717, 1.165) is 25.9 Å². The van der Waals surface area contributed by atoms with E-state index in [1.54, 1.807) is 0 Å². The molecule has 0 saturated carbocycles. The molecule has 0 aromatic carbocycles. The van der Waals surface area contributed by atoms with Crippen molar-refractivity contribution in [1.82, 2.24) is 9.55 Å². The van der Waals surface area contributed by atoms with Crippen LogP contribution in [0.4, 0.5) is 5.82 Å². The van der Waals surface area contributed by atoms with E-state index < -0.39 is 5.56 Å². The third-order valence-electron chi connectivity index (χ3n) is 2.68. The molecule has 0 aliphatic carbocycles. The fourth-order valence-electron chi connectivity index (χ4n) is 1.93. The third-order valence-corrected chi connectivity index (χ3v) is 2.68. The average Bonchev–Trinajstić information content (AvgIpc) is 2.41. The second-order valence-corrected chi connectivity index (χ2v) is 3.73. The van der Waals surface area contributed by atoms with E-state index in [4.69, 9.17) is 0 Å². The SMILES string of the molecule is CN1CCCCn2cnc(=O)c(C=O)c21. The average molecular weight is 207 g/mol. The van der Waals surface area contributed by atoms with Gasteiger partial charge < -0.3 is 9.47 Å². The molecule has 2 heterocycles. The molecule has 0 unspecified atom stereocenters. The third kappa shape index (κ3) is 1.65. The van der Waals surface area contributed by atoms with Gasteiger partial charge in [-0.25, -0.2) is 0 Å². The summed E-state index contributed by atoms with van der Waals surface area (Å²) in [4.78, 5) is 27.9. The number of carbonyl (C=O) groups is 1. The Kier molecular flexibility index (Phi) is 2.53. The predicted molar refractivity (Wildman–Crippen MR) is 56.4 cm³/mol. The van der Waals surface area contributed by atoms with Gasteiger partial charge in [-0.05, 0) is 12.8 Å². The number of hydrogen-bond donors (Lipinski definition) is 0. The Morgan fingerprint density at radius 2 is 2.13 bits per heavy atom. The highest BCUT2D eigenvalue weighted by Gasteiger charge is 2.17. The van der Waals surface area contributed by atoms with E-state index in [-0.39, 0.29) is 5.56 Å². The summed E-state index contributed by atoms with van der Waals surface area (Å²) in [5, 5.41) is 0. The van der Waals surface area contributed by atoms with Gasteiger partial charge in [-0.15, -0.1) is 0 Å². The molecule has 0 saturated heterocycles. The van der Waals surface area contributed by atoms with Crippen LogP contribution in [0.5, 0.6) is 0 Å². The Hall–Kier alpha value is -1.65. The maximum Gasteiger partial charge on any atom is 0.285 e. The van der Waals surface area contributed by atoms with Crippen LogP contribution in [-0.4, -0.2) is 29.4 Å². The maximum atomic E-state index is 11.4. The van der Waals surface area contributed by atoms with Gasteiger partial charge in [0.25, 0.3) is 5.56 Å². The summed E-state index contributed by atoms with van der Waals surface area (Å²) >= 11 is 0. The Morgan fingerprint density at radius 1 is 1.40 bits per heavy atom. The van der Waals surface area contributed by atoms with E-state index in [0.29, 0.717) is 12.1 Å². The quantitative estimate of drug-likeness (QED) is 0.621. The summed E-state index contributed by atoms with van der Waals surface area (Å²) in [6.45, 7) is 1.68. The molecular formula is C10H13N3O2. The molecule has 1 aromatic heterocycles. The fourth-order valence-corrected chi connectivity index (χ4v) is 1.93. The molecular weight excluding hydrogens is 194 g/mol. The van der Waals surface area contributed by atoms with Gasteiger partial charge in [0.2, 0.25) is 0 Å². The summed E-state index contributed by atoms with van der Waals surface area (Å²) < 4.78 is 1.87. The zero-order valence-electron chi connectivity index (χ0n) is 8.64. The van der Waals surface area contributed by atoms with Gasteiger partial charge in [-0.1, -0.05) is 0 Å². The van der Waals surface area contributed by atoms with Gasteiger partial charge in [-0.3, -0.25) is 9.59 Å². The number of aryl methyl sites for hydroxylation is 1. The first-order valence-electron chi connectivity index (χ1n) is 5.00. The van der Waals surface area contributed by atoms with Gasteiger partial charge in [-0.2, -0.15) is 4.98 Å². The van der Waals surface area contributed by atoms with Gasteiger partial charge >= 0.3 is 0 Å². The topological polar surface area (TPSA) is 55.2 Å².